The van der Waals surface area contributed by atoms with Crippen molar-refractivity contribution in [3.8, 4) is 11.5 Å². The molecule has 0 aliphatic carbocycles. The highest BCUT2D eigenvalue weighted by atomic mass is 16.7. The monoisotopic (exact) mass is 298 g/mol. The number of hydrogen-bond acceptors (Lipinski definition) is 3. The zero-order valence-electron chi connectivity index (χ0n) is 13.6. The summed E-state index contributed by atoms with van der Waals surface area (Å²) in [5, 5.41) is 0. The van der Waals surface area contributed by atoms with E-state index in [1.807, 2.05) is 38.1 Å². The van der Waals surface area contributed by atoms with E-state index in [9.17, 15) is 0 Å². The molecule has 0 N–H and O–H groups in total. The average molecular weight is 298 g/mol. The first-order chi connectivity index (χ1) is 10.5. The van der Waals surface area contributed by atoms with E-state index < -0.39 is 5.79 Å². The van der Waals surface area contributed by atoms with E-state index in [1.54, 1.807) is 0 Å². The first kappa shape index (κ1) is 14.9. The lowest BCUT2D eigenvalue weighted by Crippen LogP contribution is -2.35. The fraction of sp³-hybridized carbons (Fsp3) is 0.368. The summed E-state index contributed by atoms with van der Waals surface area (Å²) in [6.45, 7) is 9.13. The smallest absolute Gasteiger partial charge is 0.205 e. The Morgan fingerprint density at radius 2 is 1.82 bits per heavy atom. The maximum atomic E-state index is 6.01. The molecule has 0 amide bonds. The molecule has 0 saturated heterocycles. The van der Waals surface area contributed by atoms with Crippen LogP contribution in [0.15, 0.2) is 36.4 Å². The van der Waals surface area contributed by atoms with Gasteiger partial charge in [0, 0.05) is 19.4 Å². The standard InChI is InChI=1S/C19H22O3/c1-13-14(2)18-16(12-21-19(3,4)22-18)10-17(13)20-11-15-8-6-5-7-9-15/h5-10H,11-12H2,1-4H3. The highest BCUT2D eigenvalue weighted by Gasteiger charge is 2.29. The molecule has 0 bridgehead atoms. The van der Waals surface area contributed by atoms with Crippen molar-refractivity contribution < 1.29 is 14.2 Å². The Morgan fingerprint density at radius 1 is 1.09 bits per heavy atom. The molecule has 0 atom stereocenters. The summed E-state index contributed by atoms with van der Waals surface area (Å²) in [6, 6.07) is 12.2. The SMILES string of the molecule is Cc1c(OCc2ccccc2)cc2c(c1C)OC(C)(C)OC2. The van der Waals surface area contributed by atoms with Crippen LogP contribution in [0.4, 0.5) is 0 Å². The van der Waals surface area contributed by atoms with Crippen LogP contribution in [0, 0.1) is 13.8 Å². The molecule has 2 aromatic carbocycles. The second-order valence-corrected chi connectivity index (χ2v) is 6.18. The average Bonchev–Trinajstić information content (AvgIpc) is 2.51. The summed E-state index contributed by atoms with van der Waals surface area (Å²) < 4.78 is 17.7. The molecule has 0 fully saturated rings. The van der Waals surface area contributed by atoms with Crippen LogP contribution in [0.3, 0.4) is 0 Å². The molecule has 2 aromatic rings. The van der Waals surface area contributed by atoms with E-state index in [4.69, 9.17) is 14.2 Å². The Kier molecular flexibility index (Phi) is 3.83. The Bertz CT molecular complexity index is 675. The van der Waals surface area contributed by atoms with Crippen LogP contribution >= 0.6 is 0 Å². The molecule has 3 heteroatoms. The summed E-state index contributed by atoms with van der Waals surface area (Å²) in [6.07, 6.45) is 0. The third kappa shape index (κ3) is 2.95. The predicted octanol–water partition coefficient (Wildman–Crippen LogP) is 4.53. The van der Waals surface area contributed by atoms with Gasteiger partial charge in [-0.05, 0) is 36.6 Å². The topological polar surface area (TPSA) is 27.7 Å². The molecule has 0 unspecified atom stereocenters. The minimum atomic E-state index is -0.573. The minimum Gasteiger partial charge on any atom is -0.489 e. The van der Waals surface area contributed by atoms with E-state index in [0.717, 1.165) is 33.8 Å². The summed E-state index contributed by atoms with van der Waals surface area (Å²) in [5.74, 6) is 1.25. The molecule has 116 valence electrons. The number of rotatable bonds is 3. The van der Waals surface area contributed by atoms with Crippen molar-refractivity contribution in [3.05, 3.63) is 58.7 Å². The lowest BCUT2D eigenvalue weighted by atomic mass is 10.0. The van der Waals surface area contributed by atoms with E-state index in [-0.39, 0.29) is 0 Å². The third-order valence-electron chi connectivity index (χ3n) is 4.03. The van der Waals surface area contributed by atoms with Crippen molar-refractivity contribution in [3.63, 3.8) is 0 Å². The van der Waals surface area contributed by atoms with Crippen LogP contribution in [-0.2, 0) is 18.0 Å². The fourth-order valence-electron chi connectivity index (χ4n) is 2.59. The Labute approximate surface area is 131 Å². The predicted molar refractivity (Wildman–Crippen MR) is 86.2 cm³/mol. The van der Waals surface area contributed by atoms with Crippen molar-refractivity contribution in [1.29, 1.82) is 0 Å². The summed E-state index contributed by atoms with van der Waals surface area (Å²) in [4.78, 5) is 0. The second kappa shape index (κ2) is 5.65. The number of fused-ring (bicyclic) bond motifs is 1. The lowest BCUT2D eigenvalue weighted by Gasteiger charge is -2.34. The van der Waals surface area contributed by atoms with Gasteiger partial charge < -0.3 is 14.2 Å². The van der Waals surface area contributed by atoms with E-state index in [0.29, 0.717) is 13.2 Å². The van der Waals surface area contributed by atoms with Crippen molar-refractivity contribution in [2.45, 2.75) is 46.7 Å². The van der Waals surface area contributed by atoms with Crippen molar-refractivity contribution in [2.24, 2.45) is 0 Å². The molecule has 1 heterocycles. The molecule has 0 radical (unpaired) electrons. The number of hydrogen-bond donors (Lipinski definition) is 0. The lowest BCUT2D eigenvalue weighted by molar-refractivity contribution is -0.180. The molecular weight excluding hydrogens is 276 g/mol. The maximum absolute atomic E-state index is 6.01. The molecule has 1 aliphatic rings. The van der Waals surface area contributed by atoms with Crippen LogP contribution in [0.5, 0.6) is 11.5 Å². The molecular formula is C19H22O3. The van der Waals surface area contributed by atoms with Crippen molar-refractivity contribution in [2.75, 3.05) is 0 Å². The number of ether oxygens (including phenoxy) is 3. The van der Waals surface area contributed by atoms with Gasteiger partial charge in [-0.15, -0.1) is 0 Å². The van der Waals surface area contributed by atoms with Crippen molar-refractivity contribution >= 4 is 0 Å². The minimum absolute atomic E-state index is 0.547. The molecule has 0 spiro atoms. The Morgan fingerprint density at radius 3 is 2.55 bits per heavy atom. The largest absolute Gasteiger partial charge is 0.489 e. The van der Waals surface area contributed by atoms with Crippen LogP contribution in [0.2, 0.25) is 0 Å². The van der Waals surface area contributed by atoms with Gasteiger partial charge in [-0.3, -0.25) is 0 Å². The van der Waals surface area contributed by atoms with Gasteiger partial charge in [0.25, 0.3) is 0 Å². The van der Waals surface area contributed by atoms with Gasteiger partial charge in [0.05, 0.1) is 6.61 Å². The van der Waals surface area contributed by atoms with Gasteiger partial charge in [0.2, 0.25) is 5.79 Å². The van der Waals surface area contributed by atoms with E-state index in [2.05, 4.69) is 26.0 Å². The molecule has 0 saturated carbocycles. The van der Waals surface area contributed by atoms with Crippen LogP contribution in [0.25, 0.3) is 0 Å². The first-order valence-electron chi connectivity index (χ1n) is 7.59. The fourth-order valence-corrected chi connectivity index (χ4v) is 2.59. The normalized spacial score (nSPS) is 15.8. The van der Waals surface area contributed by atoms with E-state index in [1.165, 1.54) is 0 Å². The third-order valence-corrected chi connectivity index (χ3v) is 4.03. The molecule has 22 heavy (non-hydrogen) atoms. The Hall–Kier alpha value is -2.00. The highest BCUT2D eigenvalue weighted by Crippen LogP contribution is 2.39. The second-order valence-electron chi connectivity index (χ2n) is 6.18. The van der Waals surface area contributed by atoms with Crippen LogP contribution < -0.4 is 9.47 Å². The van der Waals surface area contributed by atoms with Gasteiger partial charge in [0.15, 0.2) is 0 Å². The summed E-state index contributed by atoms with van der Waals surface area (Å²) in [5.41, 5.74) is 4.45. The van der Waals surface area contributed by atoms with Gasteiger partial charge in [0.1, 0.15) is 18.1 Å². The van der Waals surface area contributed by atoms with E-state index >= 15 is 0 Å². The summed E-state index contributed by atoms with van der Waals surface area (Å²) in [7, 11) is 0. The zero-order chi connectivity index (χ0) is 15.7. The molecule has 1 aliphatic heterocycles. The quantitative estimate of drug-likeness (QED) is 0.833. The van der Waals surface area contributed by atoms with Crippen molar-refractivity contribution in [1.82, 2.24) is 0 Å². The number of benzene rings is 2. The molecule has 0 aromatic heterocycles. The van der Waals surface area contributed by atoms with Gasteiger partial charge >= 0.3 is 0 Å². The highest BCUT2D eigenvalue weighted by molar-refractivity contribution is 5.53. The van der Waals surface area contributed by atoms with Crippen LogP contribution in [-0.4, -0.2) is 5.79 Å². The van der Waals surface area contributed by atoms with Gasteiger partial charge in [-0.1, -0.05) is 30.3 Å². The maximum Gasteiger partial charge on any atom is 0.205 e. The molecule has 3 nitrogen and oxygen atoms in total. The Balaban J connectivity index is 1.86. The van der Waals surface area contributed by atoms with Gasteiger partial charge in [-0.2, -0.15) is 0 Å². The summed E-state index contributed by atoms with van der Waals surface area (Å²) >= 11 is 0. The zero-order valence-corrected chi connectivity index (χ0v) is 13.6. The van der Waals surface area contributed by atoms with Gasteiger partial charge in [-0.25, -0.2) is 0 Å². The van der Waals surface area contributed by atoms with Crippen LogP contribution in [0.1, 0.15) is 36.1 Å². The molecule has 3 rings (SSSR count). The first-order valence-corrected chi connectivity index (χ1v) is 7.59.